The Hall–Kier alpha value is -1.74. The van der Waals surface area contributed by atoms with Gasteiger partial charge < -0.3 is 10.2 Å². The highest BCUT2D eigenvalue weighted by molar-refractivity contribution is 7.89. The predicted molar refractivity (Wildman–Crippen MR) is 103 cm³/mol. The fourth-order valence-corrected chi connectivity index (χ4v) is 4.84. The van der Waals surface area contributed by atoms with E-state index in [1.165, 1.54) is 23.5 Å². The van der Waals surface area contributed by atoms with Gasteiger partial charge >= 0.3 is 0 Å². The first-order valence-corrected chi connectivity index (χ1v) is 10.9. The average Bonchev–Trinajstić information content (AvgIpc) is 3.32. The smallest absolute Gasteiger partial charge is 0.253 e. The Bertz CT molecular complexity index is 833. The van der Waals surface area contributed by atoms with E-state index in [-0.39, 0.29) is 17.3 Å². The van der Waals surface area contributed by atoms with E-state index in [4.69, 9.17) is 0 Å². The van der Waals surface area contributed by atoms with Crippen molar-refractivity contribution in [3.8, 4) is 0 Å². The molecular weight excluding hydrogens is 370 g/mol. The summed E-state index contributed by atoms with van der Waals surface area (Å²) in [5, 5.41) is 5.05. The Kier molecular flexibility index (Phi) is 6.08. The summed E-state index contributed by atoms with van der Waals surface area (Å²) in [5.74, 6) is 0.434. The first-order chi connectivity index (χ1) is 12.5. The average molecular weight is 394 g/mol. The van der Waals surface area contributed by atoms with E-state index in [1.54, 1.807) is 12.1 Å². The van der Waals surface area contributed by atoms with Gasteiger partial charge in [0.2, 0.25) is 10.0 Å². The second-order valence-corrected chi connectivity index (χ2v) is 9.19. The zero-order chi connectivity index (χ0) is 18.6. The summed E-state index contributed by atoms with van der Waals surface area (Å²) < 4.78 is 27.3. The first-order valence-electron chi connectivity index (χ1n) is 8.55. The number of hydrogen-bond acceptors (Lipinski definition) is 5. The fraction of sp³-hybridized carbons (Fsp3) is 0.389. The number of likely N-dealkylation sites (tertiary alicyclic amines) is 1. The SMILES string of the molecule is CNCC1CCN(C(=O)c2ccc(S(=O)(=O)NCc3cccs3)cc2)C1. The minimum atomic E-state index is -3.59. The third-order valence-electron chi connectivity index (χ3n) is 4.49. The second kappa shape index (κ2) is 8.30. The molecule has 1 aromatic heterocycles. The zero-order valence-corrected chi connectivity index (χ0v) is 16.3. The number of sulfonamides is 1. The zero-order valence-electron chi connectivity index (χ0n) is 14.6. The summed E-state index contributed by atoms with van der Waals surface area (Å²) in [6.07, 6.45) is 0.992. The van der Waals surface area contributed by atoms with E-state index in [0.29, 0.717) is 11.5 Å². The Morgan fingerprint density at radius 1 is 1.27 bits per heavy atom. The van der Waals surface area contributed by atoms with Crippen LogP contribution in [0.3, 0.4) is 0 Å². The van der Waals surface area contributed by atoms with Crippen LogP contribution in [-0.2, 0) is 16.6 Å². The number of hydrogen-bond donors (Lipinski definition) is 2. The Morgan fingerprint density at radius 2 is 2.04 bits per heavy atom. The number of nitrogens with zero attached hydrogens (tertiary/aromatic N) is 1. The van der Waals surface area contributed by atoms with Crippen LogP contribution in [0.4, 0.5) is 0 Å². The summed E-state index contributed by atoms with van der Waals surface area (Å²) in [6.45, 7) is 2.65. The van der Waals surface area contributed by atoms with Crippen LogP contribution in [-0.4, -0.2) is 45.9 Å². The van der Waals surface area contributed by atoms with Gasteiger partial charge in [-0.1, -0.05) is 6.07 Å². The summed E-state index contributed by atoms with van der Waals surface area (Å²) in [6, 6.07) is 9.93. The first kappa shape index (κ1) is 19.0. The number of carbonyl (C=O) groups excluding carboxylic acids is 1. The molecule has 140 valence electrons. The molecule has 1 aliphatic heterocycles. The molecule has 0 radical (unpaired) electrons. The lowest BCUT2D eigenvalue weighted by atomic mass is 10.1. The quantitative estimate of drug-likeness (QED) is 0.753. The maximum Gasteiger partial charge on any atom is 0.253 e. The number of amides is 1. The molecule has 6 nitrogen and oxygen atoms in total. The van der Waals surface area contributed by atoms with Crippen LogP contribution in [0.2, 0.25) is 0 Å². The van der Waals surface area contributed by atoms with Gasteiger partial charge in [-0.05, 0) is 61.6 Å². The summed E-state index contributed by atoms with van der Waals surface area (Å²) in [4.78, 5) is 15.5. The van der Waals surface area contributed by atoms with Crippen LogP contribution >= 0.6 is 11.3 Å². The Labute approximate surface area is 158 Å². The van der Waals surface area contributed by atoms with E-state index >= 15 is 0 Å². The Morgan fingerprint density at radius 3 is 2.69 bits per heavy atom. The molecule has 0 saturated carbocycles. The number of benzene rings is 1. The van der Waals surface area contributed by atoms with Crippen molar-refractivity contribution >= 4 is 27.3 Å². The van der Waals surface area contributed by atoms with E-state index in [2.05, 4.69) is 10.0 Å². The normalized spacial score (nSPS) is 17.6. The minimum Gasteiger partial charge on any atom is -0.338 e. The van der Waals surface area contributed by atoms with Crippen molar-refractivity contribution in [3.05, 3.63) is 52.2 Å². The molecule has 1 fully saturated rings. The molecule has 3 rings (SSSR count). The third kappa shape index (κ3) is 4.50. The highest BCUT2D eigenvalue weighted by Crippen LogP contribution is 2.19. The standard InChI is InChI=1S/C18H23N3O3S2/c1-19-11-14-8-9-21(13-14)18(22)15-4-6-17(7-5-15)26(23,24)20-12-16-3-2-10-25-16/h2-7,10,14,19-20H,8-9,11-13H2,1H3. The highest BCUT2D eigenvalue weighted by atomic mass is 32.2. The van der Waals surface area contributed by atoms with E-state index in [9.17, 15) is 13.2 Å². The van der Waals surface area contributed by atoms with Crippen LogP contribution in [0.25, 0.3) is 0 Å². The molecule has 0 aliphatic carbocycles. The van der Waals surface area contributed by atoms with E-state index < -0.39 is 10.0 Å². The number of thiophene rings is 1. The minimum absolute atomic E-state index is 0.0425. The van der Waals surface area contributed by atoms with E-state index in [0.717, 1.165) is 30.9 Å². The molecule has 2 N–H and O–H groups in total. The van der Waals surface area contributed by atoms with Gasteiger partial charge in [0, 0.05) is 30.1 Å². The molecule has 0 bridgehead atoms. The van der Waals surface area contributed by atoms with Gasteiger partial charge in [-0.2, -0.15) is 0 Å². The monoisotopic (exact) mass is 393 g/mol. The number of nitrogens with one attached hydrogen (secondary N) is 2. The van der Waals surface area contributed by atoms with Gasteiger partial charge in [-0.3, -0.25) is 4.79 Å². The summed E-state index contributed by atoms with van der Waals surface area (Å²) in [7, 11) is -1.68. The number of rotatable bonds is 7. The van der Waals surface area contributed by atoms with Crippen molar-refractivity contribution in [3.63, 3.8) is 0 Å². The summed E-state index contributed by atoms with van der Waals surface area (Å²) in [5.41, 5.74) is 0.521. The lowest BCUT2D eigenvalue weighted by Crippen LogP contribution is -2.30. The van der Waals surface area contributed by atoms with Crippen LogP contribution < -0.4 is 10.0 Å². The second-order valence-electron chi connectivity index (χ2n) is 6.39. The molecule has 26 heavy (non-hydrogen) atoms. The van der Waals surface area contributed by atoms with Crippen molar-refractivity contribution in [2.24, 2.45) is 5.92 Å². The van der Waals surface area contributed by atoms with Crippen LogP contribution in [0, 0.1) is 5.92 Å². The topological polar surface area (TPSA) is 78.5 Å². The molecular formula is C18H23N3O3S2. The van der Waals surface area contributed by atoms with Crippen LogP contribution in [0.5, 0.6) is 0 Å². The van der Waals surface area contributed by atoms with Gasteiger partial charge in [0.25, 0.3) is 5.91 Å². The Balaban J connectivity index is 1.63. The molecule has 1 saturated heterocycles. The van der Waals surface area contributed by atoms with Crippen LogP contribution in [0.1, 0.15) is 21.7 Å². The molecule has 2 heterocycles. The maximum atomic E-state index is 12.6. The predicted octanol–water partition coefficient (Wildman–Crippen LogP) is 1.91. The molecule has 8 heteroatoms. The molecule has 0 spiro atoms. The molecule has 1 aromatic carbocycles. The lowest BCUT2D eigenvalue weighted by molar-refractivity contribution is 0.0787. The highest BCUT2D eigenvalue weighted by Gasteiger charge is 2.26. The molecule has 2 aromatic rings. The fourth-order valence-electron chi connectivity index (χ4n) is 3.09. The molecule has 1 atom stereocenters. The van der Waals surface area contributed by atoms with Crippen LogP contribution in [0.15, 0.2) is 46.7 Å². The largest absolute Gasteiger partial charge is 0.338 e. The van der Waals surface area contributed by atoms with Crippen molar-refractivity contribution in [2.75, 3.05) is 26.7 Å². The van der Waals surface area contributed by atoms with Crippen molar-refractivity contribution in [1.29, 1.82) is 0 Å². The van der Waals surface area contributed by atoms with Gasteiger partial charge in [0.1, 0.15) is 0 Å². The number of carbonyl (C=O) groups is 1. The van der Waals surface area contributed by atoms with Crippen molar-refractivity contribution in [1.82, 2.24) is 14.9 Å². The van der Waals surface area contributed by atoms with Gasteiger partial charge in [-0.15, -0.1) is 11.3 Å². The molecule has 1 aliphatic rings. The van der Waals surface area contributed by atoms with Gasteiger partial charge in [0.15, 0.2) is 0 Å². The summed E-state index contributed by atoms with van der Waals surface area (Å²) >= 11 is 1.50. The van der Waals surface area contributed by atoms with Gasteiger partial charge in [-0.25, -0.2) is 13.1 Å². The molecule has 1 unspecified atom stereocenters. The van der Waals surface area contributed by atoms with Crippen molar-refractivity contribution in [2.45, 2.75) is 17.9 Å². The van der Waals surface area contributed by atoms with E-state index in [1.807, 2.05) is 29.5 Å². The third-order valence-corrected chi connectivity index (χ3v) is 6.79. The lowest BCUT2D eigenvalue weighted by Gasteiger charge is -2.17. The maximum absolute atomic E-state index is 12.6. The molecule has 1 amide bonds. The van der Waals surface area contributed by atoms with Gasteiger partial charge in [0.05, 0.1) is 4.90 Å². The van der Waals surface area contributed by atoms with Crippen molar-refractivity contribution < 1.29 is 13.2 Å².